The van der Waals surface area contributed by atoms with Crippen molar-refractivity contribution < 1.29 is 4.79 Å². The molecule has 0 saturated carbocycles. The van der Waals surface area contributed by atoms with Crippen molar-refractivity contribution in [2.75, 3.05) is 11.9 Å². The van der Waals surface area contributed by atoms with Gasteiger partial charge in [0.25, 0.3) is 0 Å². The minimum absolute atomic E-state index is 0.00171. The molecular weight excluding hydrogens is 260 g/mol. The third-order valence-electron chi connectivity index (χ3n) is 3.32. The molecule has 0 aliphatic carbocycles. The largest absolute Gasteiger partial charge is 0.376 e. The third-order valence-corrected chi connectivity index (χ3v) is 3.32. The molecule has 3 heteroatoms. The van der Waals surface area contributed by atoms with E-state index >= 15 is 0 Å². The van der Waals surface area contributed by atoms with E-state index in [-0.39, 0.29) is 17.9 Å². The fourth-order valence-corrected chi connectivity index (χ4v) is 2.08. The molecule has 0 saturated heterocycles. The molecule has 0 fully saturated rings. The smallest absolute Gasteiger partial charge is 0.222 e. The van der Waals surface area contributed by atoms with Gasteiger partial charge in [0, 0.05) is 18.2 Å². The molecule has 0 heterocycles. The number of anilines is 1. The maximum absolute atomic E-state index is 11.8. The van der Waals surface area contributed by atoms with Gasteiger partial charge in [-0.3, -0.25) is 4.79 Å². The molecule has 110 valence electrons. The maximum atomic E-state index is 11.8. The Morgan fingerprint density at radius 1 is 0.952 bits per heavy atom. The summed E-state index contributed by atoms with van der Waals surface area (Å²) >= 11 is 0. The Kier molecular flexibility index (Phi) is 5.38. The van der Waals surface area contributed by atoms with Crippen molar-refractivity contribution in [2.45, 2.75) is 19.9 Å². The first-order chi connectivity index (χ1) is 10.2. The molecule has 2 N–H and O–H groups in total. The average molecular weight is 282 g/mol. The normalized spacial score (nSPS) is 12.0. The van der Waals surface area contributed by atoms with Crippen molar-refractivity contribution in [2.24, 2.45) is 5.92 Å². The number of amides is 1. The van der Waals surface area contributed by atoms with E-state index in [2.05, 4.69) is 22.8 Å². The van der Waals surface area contributed by atoms with E-state index in [4.69, 9.17) is 0 Å². The van der Waals surface area contributed by atoms with Crippen molar-refractivity contribution >= 4 is 11.6 Å². The fourth-order valence-electron chi connectivity index (χ4n) is 2.08. The Hall–Kier alpha value is -2.29. The van der Waals surface area contributed by atoms with E-state index in [1.807, 2.05) is 62.4 Å². The standard InChI is InChI=1S/C18H22N2O/c1-14(2)18(21)19-13-17(15-9-5-3-6-10-15)20-16-11-7-4-8-12-16/h3-12,14,17,20H,13H2,1-2H3,(H,19,21). The van der Waals surface area contributed by atoms with Crippen LogP contribution in [0.1, 0.15) is 25.5 Å². The highest BCUT2D eigenvalue weighted by Crippen LogP contribution is 2.18. The van der Waals surface area contributed by atoms with Crippen LogP contribution >= 0.6 is 0 Å². The van der Waals surface area contributed by atoms with Crippen LogP contribution in [0.4, 0.5) is 5.69 Å². The van der Waals surface area contributed by atoms with Crippen LogP contribution in [0.3, 0.4) is 0 Å². The number of rotatable bonds is 6. The van der Waals surface area contributed by atoms with Crippen LogP contribution < -0.4 is 10.6 Å². The van der Waals surface area contributed by atoms with E-state index in [1.165, 1.54) is 0 Å². The Morgan fingerprint density at radius 2 is 1.52 bits per heavy atom. The van der Waals surface area contributed by atoms with E-state index in [9.17, 15) is 4.79 Å². The first-order valence-corrected chi connectivity index (χ1v) is 7.31. The fraction of sp³-hybridized carbons (Fsp3) is 0.278. The molecule has 0 aliphatic rings. The predicted octanol–water partition coefficient (Wildman–Crippen LogP) is 3.61. The lowest BCUT2D eigenvalue weighted by molar-refractivity contribution is -0.124. The van der Waals surface area contributed by atoms with Crippen molar-refractivity contribution in [3.05, 3.63) is 66.2 Å². The van der Waals surface area contributed by atoms with Gasteiger partial charge in [-0.25, -0.2) is 0 Å². The predicted molar refractivity (Wildman–Crippen MR) is 87.1 cm³/mol. The molecule has 1 atom stereocenters. The molecule has 0 aromatic heterocycles. The second-order valence-corrected chi connectivity index (χ2v) is 5.37. The Labute approximate surface area is 126 Å². The lowest BCUT2D eigenvalue weighted by atomic mass is 10.1. The minimum atomic E-state index is -0.00171. The highest BCUT2D eigenvalue weighted by molar-refractivity contribution is 5.77. The molecule has 2 aromatic rings. The second-order valence-electron chi connectivity index (χ2n) is 5.37. The molecule has 1 amide bonds. The first kappa shape index (κ1) is 15.1. The van der Waals surface area contributed by atoms with Crippen LogP contribution in [-0.2, 0) is 4.79 Å². The molecule has 1 unspecified atom stereocenters. The highest BCUT2D eigenvalue weighted by atomic mass is 16.1. The van der Waals surface area contributed by atoms with Gasteiger partial charge in [0.1, 0.15) is 0 Å². The SMILES string of the molecule is CC(C)C(=O)NCC(Nc1ccccc1)c1ccccc1. The Bertz CT molecular complexity index is 552. The molecular formula is C18H22N2O. The van der Waals surface area contributed by atoms with Crippen molar-refractivity contribution in [1.82, 2.24) is 5.32 Å². The average Bonchev–Trinajstić information content (AvgIpc) is 2.52. The summed E-state index contributed by atoms with van der Waals surface area (Å²) in [6.45, 7) is 4.37. The molecule has 3 nitrogen and oxygen atoms in total. The number of carbonyl (C=O) groups excluding carboxylic acids is 1. The summed E-state index contributed by atoms with van der Waals surface area (Å²) in [5, 5.41) is 6.47. The molecule has 2 aromatic carbocycles. The minimum Gasteiger partial charge on any atom is -0.376 e. The Morgan fingerprint density at radius 3 is 2.10 bits per heavy atom. The zero-order chi connectivity index (χ0) is 15.1. The number of benzene rings is 2. The monoisotopic (exact) mass is 282 g/mol. The number of hydrogen-bond donors (Lipinski definition) is 2. The summed E-state index contributed by atoms with van der Waals surface area (Å²) in [5.41, 5.74) is 2.20. The second kappa shape index (κ2) is 7.48. The number of hydrogen-bond acceptors (Lipinski definition) is 2. The zero-order valence-electron chi connectivity index (χ0n) is 12.5. The van der Waals surface area contributed by atoms with Gasteiger partial charge in [-0.1, -0.05) is 62.4 Å². The Balaban J connectivity index is 2.09. The third kappa shape index (κ3) is 4.63. The molecule has 2 rings (SSSR count). The molecule has 0 bridgehead atoms. The summed E-state index contributed by atoms with van der Waals surface area (Å²) in [6, 6.07) is 20.3. The quantitative estimate of drug-likeness (QED) is 0.849. The van der Waals surface area contributed by atoms with Gasteiger partial charge in [-0.2, -0.15) is 0 Å². The maximum Gasteiger partial charge on any atom is 0.222 e. The molecule has 0 aliphatic heterocycles. The van der Waals surface area contributed by atoms with E-state index < -0.39 is 0 Å². The van der Waals surface area contributed by atoms with Crippen molar-refractivity contribution in [3.63, 3.8) is 0 Å². The van der Waals surface area contributed by atoms with Gasteiger partial charge in [-0.05, 0) is 17.7 Å². The first-order valence-electron chi connectivity index (χ1n) is 7.31. The molecule has 0 spiro atoms. The van der Waals surface area contributed by atoms with Crippen molar-refractivity contribution in [3.8, 4) is 0 Å². The molecule has 0 radical (unpaired) electrons. The van der Waals surface area contributed by atoms with Gasteiger partial charge < -0.3 is 10.6 Å². The van der Waals surface area contributed by atoms with Gasteiger partial charge in [0.15, 0.2) is 0 Å². The lowest BCUT2D eigenvalue weighted by Crippen LogP contribution is -2.34. The van der Waals surface area contributed by atoms with Crippen LogP contribution in [0.15, 0.2) is 60.7 Å². The zero-order valence-corrected chi connectivity index (χ0v) is 12.5. The lowest BCUT2D eigenvalue weighted by Gasteiger charge is -2.21. The molecule has 21 heavy (non-hydrogen) atoms. The van der Waals surface area contributed by atoms with Crippen LogP contribution in [-0.4, -0.2) is 12.5 Å². The van der Waals surface area contributed by atoms with Crippen LogP contribution in [0.5, 0.6) is 0 Å². The van der Waals surface area contributed by atoms with Gasteiger partial charge in [0.05, 0.1) is 6.04 Å². The number of para-hydroxylation sites is 1. The highest BCUT2D eigenvalue weighted by Gasteiger charge is 2.14. The summed E-state index contributed by atoms with van der Waals surface area (Å²) in [4.78, 5) is 11.8. The van der Waals surface area contributed by atoms with Crippen LogP contribution in [0.25, 0.3) is 0 Å². The summed E-state index contributed by atoms with van der Waals surface area (Å²) in [7, 11) is 0. The van der Waals surface area contributed by atoms with Crippen LogP contribution in [0, 0.1) is 5.92 Å². The number of nitrogens with one attached hydrogen (secondary N) is 2. The van der Waals surface area contributed by atoms with E-state index in [0.29, 0.717) is 6.54 Å². The van der Waals surface area contributed by atoms with E-state index in [1.54, 1.807) is 0 Å². The van der Waals surface area contributed by atoms with E-state index in [0.717, 1.165) is 11.3 Å². The summed E-state index contributed by atoms with van der Waals surface area (Å²) in [6.07, 6.45) is 0. The number of carbonyl (C=O) groups is 1. The van der Waals surface area contributed by atoms with Gasteiger partial charge in [0.2, 0.25) is 5.91 Å². The summed E-state index contributed by atoms with van der Waals surface area (Å²) in [5.74, 6) is 0.0731. The van der Waals surface area contributed by atoms with Gasteiger partial charge in [-0.15, -0.1) is 0 Å². The topological polar surface area (TPSA) is 41.1 Å². The summed E-state index contributed by atoms with van der Waals surface area (Å²) < 4.78 is 0. The van der Waals surface area contributed by atoms with Crippen molar-refractivity contribution in [1.29, 1.82) is 0 Å². The van der Waals surface area contributed by atoms with Crippen LogP contribution in [0.2, 0.25) is 0 Å². The van der Waals surface area contributed by atoms with Gasteiger partial charge >= 0.3 is 0 Å².